The smallest absolute Gasteiger partial charge is 0.332 e. The summed E-state index contributed by atoms with van der Waals surface area (Å²) in [5.74, 6) is -3.10. The first-order valence-electron chi connectivity index (χ1n) is 4.05. The molecule has 0 aliphatic carbocycles. The van der Waals surface area contributed by atoms with Gasteiger partial charge in [-0.05, 0) is 0 Å². The van der Waals surface area contributed by atoms with E-state index < -0.39 is 30.6 Å². The first-order valence-corrected chi connectivity index (χ1v) is 4.05. The van der Waals surface area contributed by atoms with E-state index in [4.69, 9.17) is 9.84 Å². The molecule has 0 radical (unpaired) electrons. The van der Waals surface area contributed by atoms with Crippen molar-refractivity contribution in [3.63, 3.8) is 0 Å². The van der Waals surface area contributed by atoms with Crippen molar-refractivity contribution in [1.29, 1.82) is 0 Å². The average molecular weight is 214 g/mol. The Labute approximate surface area is 85.7 Å². The third kappa shape index (κ3) is 2.42. The number of carbonyl (C=O) groups excluding carboxylic acids is 2. The van der Waals surface area contributed by atoms with Crippen LogP contribution in [0.15, 0.2) is 25.3 Å². The Morgan fingerprint density at radius 3 is 2.47 bits per heavy atom. The van der Waals surface area contributed by atoms with Crippen molar-refractivity contribution in [3.8, 4) is 0 Å². The van der Waals surface area contributed by atoms with Gasteiger partial charge < -0.3 is 14.6 Å². The summed E-state index contributed by atoms with van der Waals surface area (Å²) in [6.07, 6.45) is 0.738. The summed E-state index contributed by atoms with van der Waals surface area (Å²) in [7, 11) is 0. The van der Waals surface area contributed by atoms with Crippen LogP contribution in [-0.4, -0.2) is 35.7 Å². The number of carbonyl (C=O) groups is 2. The predicted octanol–water partition coefficient (Wildman–Crippen LogP) is -0.510. The monoisotopic (exact) mass is 214 g/mol. The number of rotatable bonds is 5. The molecule has 15 heavy (non-hydrogen) atoms. The second kappa shape index (κ2) is 4.24. The summed E-state index contributed by atoms with van der Waals surface area (Å²) in [5, 5.41) is 8.90. The highest BCUT2D eigenvalue weighted by atomic mass is 16.9. The topological polar surface area (TPSA) is 85.4 Å². The average Bonchev–Trinajstić information content (AvgIpc) is 2.91. The van der Waals surface area contributed by atoms with Crippen molar-refractivity contribution in [2.24, 2.45) is 0 Å². The summed E-state index contributed by atoms with van der Waals surface area (Å²) >= 11 is 0. The third-order valence-electron chi connectivity index (χ3n) is 1.66. The van der Waals surface area contributed by atoms with E-state index in [9.17, 15) is 9.59 Å². The molecule has 1 saturated heterocycles. The molecule has 1 rings (SSSR count). The maximum Gasteiger partial charge on any atom is 0.332 e. The molecule has 0 aromatic carbocycles. The molecule has 6 heteroatoms. The number of hydrogen-bond donors (Lipinski definition) is 1. The lowest BCUT2D eigenvalue weighted by atomic mass is 10.4. The largest absolute Gasteiger partial charge is 0.425 e. The molecule has 1 fully saturated rings. The van der Waals surface area contributed by atoms with Gasteiger partial charge in [-0.1, -0.05) is 13.2 Å². The fourth-order valence-corrected chi connectivity index (χ4v) is 0.843. The van der Waals surface area contributed by atoms with Crippen LogP contribution in [0.4, 0.5) is 0 Å². The summed E-state index contributed by atoms with van der Waals surface area (Å²) in [6, 6.07) is 0. The van der Waals surface area contributed by atoms with Crippen molar-refractivity contribution < 1.29 is 28.9 Å². The van der Waals surface area contributed by atoms with E-state index in [2.05, 4.69) is 22.6 Å². The van der Waals surface area contributed by atoms with Crippen LogP contribution in [0.5, 0.6) is 0 Å². The van der Waals surface area contributed by atoms with Gasteiger partial charge in [-0.2, -0.15) is 0 Å². The molecule has 1 aliphatic rings. The molecular weight excluding hydrogens is 204 g/mol. The quantitative estimate of drug-likeness (QED) is 0.377. The molecule has 1 heterocycles. The van der Waals surface area contributed by atoms with Gasteiger partial charge in [-0.15, -0.1) is 0 Å². The number of ether oxygens (including phenoxy) is 3. The molecule has 0 spiro atoms. The van der Waals surface area contributed by atoms with Crippen molar-refractivity contribution in [2.45, 2.75) is 12.1 Å². The molecule has 6 nitrogen and oxygen atoms in total. The predicted molar refractivity (Wildman–Crippen MR) is 47.3 cm³/mol. The van der Waals surface area contributed by atoms with Gasteiger partial charge in [-0.25, -0.2) is 9.59 Å². The van der Waals surface area contributed by atoms with Crippen LogP contribution in [-0.2, 0) is 23.8 Å². The Balaban J connectivity index is 2.53. The third-order valence-corrected chi connectivity index (χ3v) is 1.66. The number of aliphatic hydroxyl groups is 1. The molecule has 0 amide bonds. The van der Waals surface area contributed by atoms with Crippen LogP contribution >= 0.6 is 0 Å². The zero-order valence-corrected chi connectivity index (χ0v) is 7.84. The first-order chi connectivity index (χ1) is 7.07. The number of epoxide rings is 1. The highest BCUT2D eigenvalue weighted by molar-refractivity contribution is 5.82. The Morgan fingerprint density at radius 1 is 1.40 bits per heavy atom. The minimum atomic E-state index is -1.59. The lowest BCUT2D eigenvalue weighted by Crippen LogP contribution is -2.29. The molecule has 2 atom stereocenters. The van der Waals surface area contributed by atoms with Gasteiger partial charge in [0.2, 0.25) is 0 Å². The maximum atomic E-state index is 10.8. The fraction of sp³-hybridized carbons (Fsp3) is 0.333. The van der Waals surface area contributed by atoms with E-state index >= 15 is 0 Å². The maximum absolute atomic E-state index is 10.8. The standard InChI is InChI=1S/C9H10O6/c1-3-6(11)13-8-9(5-10,15-8)14-7(12)4-2/h3-4,8,10H,1-2,5H2/t8?,9-/m1/s1. The molecular formula is C9H10O6. The molecule has 82 valence electrons. The van der Waals surface area contributed by atoms with Crippen molar-refractivity contribution in [1.82, 2.24) is 0 Å². The van der Waals surface area contributed by atoms with Crippen molar-refractivity contribution >= 4 is 11.9 Å². The van der Waals surface area contributed by atoms with Crippen LogP contribution in [0, 0.1) is 0 Å². The van der Waals surface area contributed by atoms with E-state index in [1.165, 1.54) is 0 Å². The van der Waals surface area contributed by atoms with Crippen molar-refractivity contribution in [2.75, 3.05) is 6.61 Å². The van der Waals surface area contributed by atoms with Gasteiger partial charge in [0.25, 0.3) is 6.29 Å². The van der Waals surface area contributed by atoms with Crippen LogP contribution in [0.2, 0.25) is 0 Å². The second-order valence-electron chi connectivity index (χ2n) is 2.69. The first kappa shape index (κ1) is 11.4. The SMILES string of the molecule is C=CC(=O)OC1O[C@@]1(CO)OC(=O)C=C. The number of hydrogen-bond acceptors (Lipinski definition) is 6. The van der Waals surface area contributed by atoms with E-state index in [1.54, 1.807) is 0 Å². The summed E-state index contributed by atoms with van der Waals surface area (Å²) in [4.78, 5) is 21.6. The summed E-state index contributed by atoms with van der Waals surface area (Å²) < 4.78 is 14.0. The van der Waals surface area contributed by atoms with Gasteiger partial charge in [0.15, 0.2) is 0 Å². The molecule has 0 aromatic rings. The molecule has 0 saturated carbocycles. The van der Waals surface area contributed by atoms with Crippen LogP contribution in [0.1, 0.15) is 0 Å². The highest BCUT2D eigenvalue weighted by Gasteiger charge is 2.63. The number of aliphatic hydroxyl groups excluding tert-OH is 1. The zero-order valence-electron chi connectivity index (χ0n) is 7.84. The summed E-state index contributed by atoms with van der Waals surface area (Å²) in [5.41, 5.74) is 0. The Hall–Kier alpha value is -1.66. The molecule has 1 N–H and O–H groups in total. The van der Waals surface area contributed by atoms with Gasteiger partial charge in [-0.3, -0.25) is 4.74 Å². The van der Waals surface area contributed by atoms with Gasteiger partial charge in [0.05, 0.1) is 0 Å². The van der Waals surface area contributed by atoms with E-state index in [0.717, 1.165) is 12.2 Å². The Bertz CT molecular complexity index is 310. The number of esters is 2. The van der Waals surface area contributed by atoms with E-state index in [1.807, 2.05) is 0 Å². The van der Waals surface area contributed by atoms with Crippen LogP contribution in [0.25, 0.3) is 0 Å². The van der Waals surface area contributed by atoms with Crippen molar-refractivity contribution in [3.05, 3.63) is 25.3 Å². The van der Waals surface area contributed by atoms with Gasteiger partial charge >= 0.3 is 17.7 Å². The lowest BCUT2D eigenvalue weighted by molar-refractivity contribution is -0.159. The Kier molecular flexibility index (Phi) is 3.23. The molecule has 0 bridgehead atoms. The van der Waals surface area contributed by atoms with Crippen LogP contribution in [0.3, 0.4) is 0 Å². The molecule has 0 aromatic heterocycles. The lowest BCUT2D eigenvalue weighted by Gasteiger charge is -2.08. The van der Waals surface area contributed by atoms with E-state index in [-0.39, 0.29) is 0 Å². The highest BCUT2D eigenvalue weighted by Crippen LogP contribution is 2.38. The minimum absolute atomic E-state index is 0.609. The zero-order chi connectivity index (χ0) is 11.5. The van der Waals surface area contributed by atoms with Crippen LogP contribution < -0.4 is 0 Å². The fourth-order valence-electron chi connectivity index (χ4n) is 0.843. The minimum Gasteiger partial charge on any atom is -0.425 e. The van der Waals surface area contributed by atoms with Gasteiger partial charge in [0.1, 0.15) is 6.61 Å². The molecule has 1 unspecified atom stereocenters. The molecule has 1 aliphatic heterocycles. The van der Waals surface area contributed by atoms with E-state index in [0.29, 0.717) is 0 Å². The Morgan fingerprint density at radius 2 is 2.00 bits per heavy atom. The summed E-state index contributed by atoms with van der Waals surface area (Å²) in [6.45, 7) is 5.74. The normalized spacial score (nSPS) is 27.7. The van der Waals surface area contributed by atoms with Gasteiger partial charge in [0, 0.05) is 12.2 Å². The second-order valence-corrected chi connectivity index (χ2v) is 2.69.